The predicted molar refractivity (Wildman–Crippen MR) is 107 cm³/mol. The number of halogens is 1. The molecule has 3 rings (SSSR count). The molecule has 0 spiro atoms. The maximum absolute atomic E-state index is 11.5. The molecule has 0 aliphatic heterocycles. The van der Waals surface area contributed by atoms with Gasteiger partial charge in [0, 0.05) is 11.4 Å². The number of thioether (sulfide) groups is 1. The molecule has 0 bridgehead atoms. The van der Waals surface area contributed by atoms with Crippen molar-refractivity contribution in [3.8, 4) is 5.75 Å². The van der Waals surface area contributed by atoms with Crippen LogP contribution >= 0.6 is 23.4 Å². The van der Waals surface area contributed by atoms with Gasteiger partial charge in [0.05, 0.1) is 0 Å². The number of hydrogen-bond donors (Lipinski definition) is 1. The molecule has 0 unspecified atom stereocenters. The molecule has 1 N–H and O–H groups in total. The fraction of sp³-hybridized carbons (Fsp3) is 0.150. The molecule has 6 nitrogen and oxygen atoms in total. The summed E-state index contributed by atoms with van der Waals surface area (Å²) in [4.78, 5) is 11.6. The van der Waals surface area contributed by atoms with Gasteiger partial charge in [0.2, 0.25) is 5.89 Å². The summed E-state index contributed by atoms with van der Waals surface area (Å²) in [5, 5.41) is 18.0. The summed E-state index contributed by atoms with van der Waals surface area (Å²) in [5.74, 6) is 0.0832. The Kier molecular flexibility index (Phi) is 6.73. The van der Waals surface area contributed by atoms with Gasteiger partial charge in [-0.15, -0.1) is 10.2 Å². The normalized spacial score (nSPS) is 11.4. The average molecular weight is 417 g/mol. The van der Waals surface area contributed by atoms with Crippen LogP contribution in [0.15, 0.2) is 63.1 Å². The Labute approximate surface area is 171 Å². The monoisotopic (exact) mass is 416 g/mol. The molecule has 0 amide bonds. The highest BCUT2D eigenvalue weighted by molar-refractivity contribution is 8.03. The number of carboxylic acid groups (broad SMARTS) is 1. The fourth-order valence-electron chi connectivity index (χ4n) is 2.21. The minimum Gasteiger partial charge on any atom is -0.489 e. The van der Waals surface area contributed by atoms with Crippen LogP contribution < -0.4 is 4.74 Å². The van der Waals surface area contributed by atoms with Gasteiger partial charge in [0.25, 0.3) is 5.22 Å². The third kappa shape index (κ3) is 5.61. The number of carbonyl (C=O) groups is 1. The zero-order chi connectivity index (χ0) is 19.9. The first-order valence-electron chi connectivity index (χ1n) is 8.46. The number of carboxylic acids is 1. The van der Waals surface area contributed by atoms with Crippen molar-refractivity contribution in [2.75, 3.05) is 0 Å². The average Bonchev–Trinajstić information content (AvgIpc) is 3.16. The highest BCUT2D eigenvalue weighted by atomic mass is 35.5. The number of aromatic nitrogens is 2. The number of ether oxygens (including phenoxy) is 1. The third-order valence-electron chi connectivity index (χ3n) is 3.66. The highest BCUT2D eigenvalue weighted by Crippen LogP contribution is 2.28. The van der Waals surface area contributed by atoms with E-state index in [9.17, 15) is 9.90 Å². The standard InChI is InChI=1S/C20H17ClN2O4S/c1-2-18-22-23-20(27-18)28-17(19(24)25)11-13-5-9-16(10-6-13)26-12-14-3-7-15(21)8-4-14/h3-11H,2,12H2,1H3,(H,24,25)/b17-11-. The van der Waals surface area contributed by atoms with Crippen LogP contribution in [0.1, 0.15) is 23.9 Å². The van der Waals surface area contributed by atoms with E-state index in [1.54, 1.807) is 30.3 Å². The quantitative estimate of drug-likeness (QED) is 0.404. The van der Waals surface area contributed by atoms with Crippen LogP contribution in [0.5, 0.6) is 5.75 Å². The summed E-state index contributed by atoms with van der Waals surface area (Å²) >= 11 is 6.79. The summed E-state index contributed by atoms with van der Waals surface area (Å²) in [6.45, 7) is 2.30. The molecule has 8 heteroatoms. The summed E-state index contributed by atoms with van der Waals surface area (Å²) in [7, 11) is 0. The lowest BCUT2D eigenvalue weighted by Crippen LogP contribution is -1.97. The summed E-state index contributed by atoms with van der Waals surface area (Å²) < 4.78 is 11.1. The van der Waals surface area contributed by atoms with E-state index in [2.05, 4.69) is 10.2 Å². The topological polar surface area (TPSA) is 85.5 Å². The second-order valence-corrected chi connectivity index (χ2v) is 7.14. The number of aliphatic carboxylic acids is 1. The molecule has 0 fully saturated rings. The van der Waals surface area contributed by atoms with Crippen LogP contribution in [0.25, 0.3) is 6.08 Å². The second kappa shape index (κ2) is 9.43. The summed E-state index contributed by atoms with van der Waals surface area (Å²) in [6.07, 6.45) is 2.14. The van der Waals surface area contributed by atoms with E-state index in [1.807, 2.05) is 31.2 Å². The van der Waals surface area contributed by atoms with Gasteiger partial charge in [-0.05, 0) is 53.2 Å². The van der Waals surface area contributed by atoms with Crippen molar-refractivity contribution in [1.82, 2.24) is 10.2 Å². The van der Waals surface area contributed by atoms with Crippen molar-refractivity contribution in [3.05, 3.63) is 75.5 Å². The zero-order valence-electron chi connectivity index (χ0n) is 15.0. The van der Waals surface area contributed by atoms with Gasteiger partial charge in [-0.2, -0.15) is 0 Å². The molecule has 1 heterocycles. The van der Waals surface area contributed by atoms with Crippen molar-refractivity contribution in [1.29, 1.82) is 0 Å². The van der Waals surface area contributed by atoms with Crippen LogP contribution in [0.3, 0.4) is 0 Å². The Morgan fingerprint density at radius 3 is 2.50 bits per heavy atom. The van der Waals surface area contributed by atoms with Crippen molar-refractivity contribution in [3.63, 3.8) is 0 Å². The van der Waals surface area contributed by atoms with Gasteiger partial charge in [-0.3, -0.25) is 0 Å². The molecule has 0 saturated carbocycles. The van der Waals surface area contributed by atoms with E-state index < -0.39 is 5.97 Å². The molecule has 0 aliphatic carbocycles. The lowest BCUT2D eigenvalue weighted by molar-refractivity contribution is -0.131. The van der Waals surface area contributed by atoms with E-state index in [1.165, 1.54) is 0 Å². The van der Waals surface area contributed by atoms with Gasteiger partial charge in [-0.1, -0.05) is 42.8 Å². The molecular formula is C20H17ClN2O4S. The molecule has 0 saturated heterocycles. The number of nitrogens with zero attached hydrogens (tertiary/aromatic N) is 2. The molecule has 0 aliphatic rings. The van der Waals surface area contributed by atoms with Crippen molar-refractivity contribution < 1.29 is 19.1 Å². The van der Waals surface area contributed by atoms with Gasteiger partial charge < -0.3 is 14.3 Å². The third-order valence-corrected chi connectivity index (χ3v) is 4.76. The molecule has 0 radical (unpaired) electrons. The molecule has 3 aromatic rings. The van der Waals surface area contributed by atoms with Gasteiger partial charge >= 0.3 is 5.97 Å². The van der Waals surface area contributed by atoms with Gasteiger partial charge in [0.15, 0.2) is 0 Å². The first kappa shape index (κ1) is 20.0. The number of aryl methyl sites for hydroxylation is 1. The van der Waals surface area contributed by atoms with Crippen molar-refractivity contribution in [2.45, 2.75) is 25.2 Å². The van der Waals surface area contributed by atoms with E-state index in [-0.39, 0.29) is 10.1 Å². The van der Waals surface area contributed by atoms with Gasteiger partial charge in [0.1, 0.15) is 17.3 Å². The predicted octanol–water partition coefficient (Wildman–Crippen LogP) is 5.08. The number of benzene rings is 2. The summed E-state index contributed by atoms with van der Waals surface area (Å²) in [6, 6.07) is 14.6. The molecule has 28 heavy (non-hydrogen) atoms. The van der Waals surface area contributed by atoms with Crippen LogP contribution in [-0.2, 0) is 17.8 Å². The Bertz CT molecular complexity index is 969. The lowest BCUT2D eigenvalue weighted by Gasteiger charge is -2.07. The molecular weight excluding hydrogens is 400 g/mol. The lowest BCUT2D eigenvalue weighted by atomic mass is 10.2. The van der Waals surface area contributed by atoms with Crippen LogP contribution in [0.2, 0.25) is 5.02 Å². The SMILES string of the molecule is CCc1nnc(S/C(=C\c2ccc(OCc3ccc(Cl)cc3)cc2)C(=O)O)o1. The number of rotatable bonds is 8. The molecule has 144 valence electrons. The molecule has 2 aromatic carbocycles. The second-order valence-electron chi connectivity index (χ2n) is 5.72. The largest absolute Gasteiger partial charge is 0.489 e. The van der Waals surface area contributed by atoms with E-state index in [4.69, 9.17) is 20.8 Å². The highest BCUT2D eigenvalue weighted by Gasteiger charge is 2.14. The first-order chi connectivity index (χ1) is 13.5. The Morgan fingerprint density at radius 1 is 1.18 bits per heavy atom. The maximum atomic E-state index is 11.5. The van der Waals surface area contributed by atoms with Crippen LogP contribution in [0, 0.1) is 0 Å². The van der Waals surface area contributed by atoms with Crippen LogP contribution in [-0.4, -0.2) is 21.3 Å². The van der Waals surface area contributed by atoms with Gasteiger partial charge in [-0.25, -0.2) is 4.79 Å². The van der Waals surface area contributed by atoms with Crippen molar-refractivity contribution in [2.24, 2.45) is 0 Å². The Hall–Kier alpha value is -2.77. The minimum absolute atomic E-state index is 0.0844. The van der Waals surface area contributed by atoms with E-state index >= 15 is 0 Å². The Morgan fingerprint density at radius 2 is 1.89 bits per heavy atom. The fourth-order valence-corrected chi connectivity index (χ4v) is 3.03. The van der Waals surface area contributed by atoms with Crippen molar-refractivity contribution >= 4 is 35.4 Å². The van der Waals surface area contributed by atoms with E-state index in [0.717, 1.165) is 22.9 Å². The smallest absolute Gasteiger partial charge is 0.342 e. The minimum atomic E-state index is -1.07. The number of hydrogen-bond acceptors (Lipinski definition) is 6. The molecule has 1 aromatic heterocycles. The van der Waals surface area contributed by atoms with E-state index in [0.29, 0.717) is 29.7 Å². The Balaban J connectivity index is 1.66. The first-order valence-corrected chi connectivity index (χ1v) is 9.65. The zero-order valence-corrected chi connectivity index (χ0v) is 16.5. The van der Waals surface area contributed by atoms with Crippen LogP contribution in [0.4, 0.5) is 0 Å². The summed E-state index contributed by atoms with van der Waals surface area (Å²) in [5.41, 5.74) is 1.72. The molecule has 0 atom stereocenters. The maximum Gasteiger partial charge on any atom is 0.342 e.